The summed E-state index contributed by atoms with van der Waals surface area (Å²) in [5.41, 5.74) is 0.518. The Morgan fingerprint density at radius 1 is 1.24 bits per heavy atom. The minimum absolute atomic E-state index is 0.263. The van der Waals surface area contributed by atoms with Crippen molar-refractivity contribution in [1.82, 2.24) is 4.98 Å². The third kappa shape index (κ3) is 1.99. The van der Waals surface area contributed by atoms with E-state index in [2.05, 4.69) is 4.98 Å². The van der Waals surface area contributed by atoms with Gasteiger partial charge in [-0.3, -0.25) is 4.98 Å². The van der Waals surface area contributed by atoms with Crippen molar-refractivity contribution >= 4 is 39.0 Å². The van der Waals surface area contributed by atoms with Crippen LogP contribution >= 0.6 is 11.3 Å². The number of methoxy groups -OCH3 is 2. The van der Waals surface area contributed by atoms with Gasteiger partial charge in [0.2, 0.25) is 0 Å². The molecular weight excluding hydrogens is 290 g/mol. The second-order valence-electron chi connectivity index (χ2n) is 4.57. The zero-order valence-corrected chi connectivity index (χ0v) is 12.6. The highest BCUT2D eigenvalue weighted by Gasteiger charge is 2.19. The first-order valence-electron chi connectivity index (χ1n) is 6.24. The molecule has 0 aliphatic carbocycles. The van der Waals surface area contributed by atoms with Crippen LogP contribution in [0, 0.1) is 6.92 Å². The van der Waals surface area contributed by atoms with Gasteiger partial charge in [-0.1, -0.05) is 0 Å². The first-order chi connectivity index (χ1) is 10.1. The zero-order chi connectivity index (χ0) is 15.1. The molecular formula is C15H13NO4S. The number of rotatable bonds is 3. The third-order valence-electron chi connectivity index (χ3n) is 3.41. The molecule has 1 N–H and O–H groups in total. The van der Waals surface area contributed by atoms with Gasteiger partial charge >= 0.3 is 5.97 Å². The molecule has 2 heterocycles. The highest BCUT2D eigenvalue weighted by atomic mass is 32.1. The van der Waals surface area contributed by atoms with E-state index in [9.17, 15) is 9.90 Å². The average molecular weight is 303 g/mol. The molecule has 0 saturated carbocycles. The molecule has 0 fully saturated rings. The largest absolute Gasteiger partial charge is 0.493 e. The molecule has 1 aromatic carbocycles. The second-order valence-corrected chi connectivity index (χ2v) is 5.79. The van der Waals surface area contributed by atoms with Gasteiger partial charge in [-0.05, 0) is 24.4 Å². The van der Waals surface area contributed by atoms with E-state index in [0.29, 0.717) is 17.0 Å². The van der Waals surface area contributed by atoms with Crippen LogP contribution in [0.2, 0.25) is 0 Å². The molecule has 21 heavy (non-hydrogen) atoms. The van der Waals surface area contributed by atoms with Gasteiger partial charge in [-0.15, -0.1) is 11.3 Å². The lowest BCUT2D eigenvalue weighted by Gasteiger charge is -2.10. The van der Waals surface area contributed by atoms with Crippen LogP contribution in [0.25, 0.3) is 21.7 Å². The fourth-order valence-electron chi connectivity index (χ4n) is 2.47. The molecule has 0 aliphatic heterocycles. The van der Waals surface area contributed by atoms with Crippen molar-refractivity contribution in [2.45, 2.75) is 6.92 Å². The fraction of sp³-hybridized carbons (Fsp3) is 0.200. The predicted molar refractivity (Wildman–Crippen MR) is 81.9 cm³/mol. The normalized spacial score (nSPS) is 11.0. The van der Waals surface area contributed by atoms with Gasteiger partial charge in [0.25, 0.3) is 0 Å². The number of hydrogen-bond acceptors (Lipinski definition) is 5. The highest BCUT2D eigenvalue weighted by Crippen LogP contribution is 2.39. The molecule has 3 aromatic rings. The highest BCUT2D eigenvalue weighted by molar-refractivity contribution is 7.15. The van der Waals surface area contributed by atoms with Crippen molar-refractivity contribution in [2.24, 2.45) is 0 Å². The fourth-order valence-corrected chi connectivity index (χ4v) is 3.42. The zero-order valence-electron chi connectivity index (χ0n) is 11.8. The van der Waals surface area contributed by atoms with Crippen LogP contribution in [0.4, 0.5) is 0 Å². The van der Waals surface area contributed by atoms with E-state index in [-0.39, 0.29) is 4.88 Å². The van der Waals surface area contributed by atoms with Crippen LogP contribution < -0.4 is 9.47 Å². The molecule has 108 valence electrons. The first-order valence-corrected chi connectivity index (χ1v) is 7.05. The number of thiophene rings is 1. The minimum Gasteiger partial charge on any atom is -0.493 e. The monoisotopic (exact) mass is 303 g/mol. The van der Waals surface area contributed by atoms with Gasteiger partial charge < -0.3 is 14.6 Å². The predicted octanol–water partition coefficient (Wildman–Crippen LogP) is 3.47. The topological polar surface area (TPSA) is 68.7 Å². The average Bonchev–Trinajstić information content (AvgIpc) is 2.83. The number of fused-ring (bicyclic) bond motifs is 3. The molecule has 0 aliphatic rings. The molecule has 0 spiro atoms. The number of aromatic carboxylic acids is 1. The van der Waals surface area contributed by atoms with Crippen molar-refractivity contribution in [1.29, 1.82) is 0 Å². The summed E-state index contributed by atoms with van der Waals surface area (Å²) in [6, 6.07) is 3.71. The van der Waals surface area contributed by atoms with E-state index < -0.39 is 5.97 Å². The summed E-state index contributed by atoms with van der Waals surface area (Å²) in [5.74, 6) is 0.280. The van der Waals surface area contributed by atoms with E-state index in [1.54, 1.807) is 20.4 Å². The summed E-state index contributed by atoms with van der Waals surface area (Å²) in [6.45, 7) is 1.90. The second kappa shape index (κ2) is 4.89. The quantitative estimate of drug-likeness (QED) is 0.802. The van der Waals surface area contributed by atoms with Crippen molar-refractivity contribution in [3.63, 3.8) is 0 Å². The molecule has 0 bridgehead atoms. The van der Waals surface area contributed by atoms with Crippen LogP contribution in [-0.2, 0) is 0 Å². The standard InChI is InChI=1S/C15H13NO4S/c1-7-12-9-5-11(20-3)10(19-2)4-8(9)6-16-13(12)14(21-7)15(17)18/h4-6H,1-3H3,(H,17,18). The number of nitrogens with zero attached hydrogens (tertiary/aromatic N) is 1. The first kappa shape index (κ1) is 13.6. The van der Waals surface area contributed by atoms with Crippen molar-refractivity contribution in [2.75, 3.05) is 14.2 Å². The van der Waals surface area contributed by atoms with Gasteiger partial charge in [-0.2, -0.15) is 0 Å². The molecule has 0 unspecified atom stereocenters. The van der Waals surface area contributed by atoms with Crippen LogP contribution in [-0.4, -0.2) is 30.3 Å². The maximum atomic E-state index is 11.3. The van der Waals surface area contributed by atoms with Gasteiger partial charge in [0, 0.05) is 21.8 Å². The summed E-state index contributed by atoms with van der Waals surface area (Å²) in [4.78, 5) is 16.8. The lowest BCUT2D eigenvalue weighted by molar-refractivity contribution is 0.0704. The van der Waals surface area contributed by atoms with Gasteiger partial charge in [0.05, 0.1) is 19.7 Å². The Kier molecular flexibility index (Phi) is 3.17. The van der Waals surface area contributed by atoms with E-state index >= 15 is 0 Å². The Morgan fingerprint density at radius 3 is 2.52 bits per heavy atom. The van der Waals surface area contributed by atoms with Gasteiger partial charge in [-0.25, -0.2) is 4.79 Å². The number of benzene rings is 1. The van der Waals surface area contributed by atoms with Gasteiger partial charge in [0.15, 0.2) is 11.5 Å². The number of aryl methyl sites for hydroxylation is 1. The lowest BCUT2D eigenvalue weighted by Crippen LogP contribution is -1.94. The molecule has 6 heteroatoms. The van der Waals surface area contributed by atoms with Crippen molar-refractivity contribution in [3.05, 3.63) is 28.1 Å². The number of ether oxygens (including phenoxy) is 2. The molecule has 0 atom stereocenters. The van der Waals surface area contributed by atoms with Crippen LogP contribution in [0.15, 0.2) is 18.3 Å². The van der Waals surface area contributed by atoms with E-state index in [1.165, 1.54) is 11.3 Å². The smallest absolute Gasteiger partial charge is 0.348 e. The Bertz CT molecular complexity index is 869. The molecule has 3 rings (SSSR count). The Balaban J connectivity index is 2.45. The summed E-state index contributed by atoms with van der Waals surface area (Å²) < 4.78 is 10.6. The minimum atomic E-state index is -0.953. The Morgan fingerprint density at radius 2 is 1.90 bits per heavy atom. The number of carboxylic acid groups (broad SMARTS) is 1. The maximum Gasteiger partial charge on any atom is 0.348 e. The lowest BCUT2D eigenvalue weighted by atomic mass is 10.1. The summed E-state index contributed by atoms with van der Waals surface area (Å²) in [5, 5.41) is 11.9. The SMILES string of the molecule is COc1cc2cnc3c(C(=O)O)sc(C)c3c2cc1OC. The molecule has 0 radical (unpaired) electrons. The Labute approximate surface area is 124 Å². The van der Waals surface area contributed by atoms with E-state index in [4.69, 9.17) is 9.47 Å². The van der Waals surface area contributed by atoms with E-state index in [0.717, 1.165) is 21.0 Å². The third-order valence-corrected chi connectivity index (χ3v) is 4.49. The Hall–Kier alpha value is -2.34. The van der Waals surface area contributed by atoms with Crippen molar-refractivity contribution < 1.29 is 19.4 Å². The number of carboxylic acids is 1. The summed E-state index contributed by atoms with van der Waals surface area (Å²) in [6.07, 6.45) is 1.66. The number of pyridine rings is 1. The van der Waals surface area contributed by atoms with Crippen LogP contribution in [0.1, 0.15) is 14.5 Å². The summed E-state index contributed by atoms with van der Waals surface area (Å²) in [7, 11) is 3.15. The summed E-state index contributed by atoms with van der Waals surface area (Å²) >= 11 is 1.24. The van der Waals surface area contributed by atoms with Crippen molar-refractivity contribution in [3.8, 4) is 11.5 Å². The van der Waals surface area contributed by atoms with Gasteiger partial charge in [0.1, 0.15) is 4.88 Å². The molecule has 2 aromatic heterocycles. The maximum absolute atomic E-state index is 11.3. The van der Waals surface area contributed by atoms with Crippen LogP contribution in [0.5, 0.6) is 11.5 Å². The number of aromatic nitrogens is 1. The number of carbonyl (C=O) groups is 1. The molecule has 0 saturated heterocycles. The molecule has 0 amide bonds. The molecule has 5 nitrogen and oxygen atoms in total. The van der Waals surface area contributed by atoms with Crippen LogP contribution in [0.3, 0.4) is 0 Å². The van der Waals surface area contributed by atoms with E-state index in [1.807, 2.05) is 19.1 Å². The number of hydrogen-bond donors (Lipinski definition) is 1.